The van der Waals surface area contributed by atoms with Gasteiger partial charge >= 0.3 is 0 Å². The van der Waals surface area contributed by atoms with Gasteiger partial charge in [-0.3, -0.25) is 25.0 Å². The molecule has 3 rings (SSSR count). The largest absolute Gasteiger partial charge is 0.322 e. The van der Waals surface area contributed by atoms with Gasteiger partial charge in [0, 0.05) is 11.8 Å². The maximum Gasteiger partial charge on any atom is 0.289 e. The summed E-state index contributed by atoms with van der Waals surface area (Å²) >= 11 is 0. The highest BCUT2D eigenvalue weighted by atomic mass is 16.6. The summed E-state index contributed by atoms with van der Waals surface area (Å²) in [5, 5.41) is 32.6. The molecule has 10 heteroatoms. The van der Waals surface area contributed by atoms with Crippen LogP contribution in [0.2, 0.25) is 0 Å². The molecule has 0 heterocycles. The fourth-order valence-corrected chi connectivity index (χ4v) is 2.40. The molecule has 1 N–H and O–H groups in total. The normalized spacial score (nSPS) is 10.6. The summed E-state index contributed by atoms with van der Waals surface area (Å²) in [6.45, 7) is 0. The van der Waals surface area contributed by atoms with E-state index < -0.39 is 27.1 Å². The topological polar surface area (TPSA) is 140 Å². The predicted octanol–water partition coefficient (Wildman–Crippen LogP) is 5.17. The minimum absolute atomic E-state index is 0.284. The molecule has 0 saturated heterocycles. The van der Waals surface area contributed by atoms with Crippen LogP contribution in [-0.2, 0) is 0 Å². The van der Waals surface area contributed by atoms with Crippen molar-refractivity contribution in [2.75, 3.05) is 5.32 Å². The van der Waals surface area contributed by atoms with E-state index in [0.29, 0.717) is 17.1 Å². The molecule has 0 saturated carbocycles. The average Bonchev–Trinajstić information content (AvgIpc) is 2.73. The van der Waals surface area contributed by atoms with Crippen LogP contribution in [0.5, 0.6) is 0 Å². The summed E-state index contributed by atoms with van der Waals surface area (Å²) < 4.78 is 0. The Balaban J connectivity index is 1.75. The van der Waals surface area contributed by atoms with E-state index >= 15 is 0 Å². The number of nitro groups is 2. The zero-order valence-electron chi connectivity index (χ0n) is 14.8. The quantitative estimate of drug-likeness (QED) is 0.350. The summed E-state index contributed by atoms with van der Waals surface area (Å²) in [7, 11) is 0. The van der Waals surface area contributed by atoms with Crippen LogP contribution in [0.1, 0.15) is 10.4 Å². The molecule has 0 spiro atoms. The minimum atomic E-state index is -0.838. The van der Waals surface area contributed by atoms with Crippen LogP contribution in [0.3, 0.4) is 0 Å². The number of azo groups is 1. The first-order chi connectivity index (χ1) is 13.9. The van der Waals surface area contributed by atoms with Gasteiger partial charge in [-0.2, -0.15) is 10.2 Å². The van der Waals surface area contributed by atoms with E-state index in [9.17, 15) is 25.0 Å². The molecule has 0 unspecified atom stereocenters. The second-order valence-corrected chi connectivity index (χ2v) is 5.75. The maximum atomic E-state index is 12.4. The Labute approximate surface area is 163 Å². The number of carbonyl (C=O) groups excluding carboxylic acids is 1. The van der Waals surface area contributed by atoms with Crippen LogP contribution in [0.15, 0.2) is 83.0 Å². The summed E-state index contributed by atoms with van der Waals surface area (Å²) in [6, 6.07) is 18.3. The Hall–Kier alpha value is -4.47. The second-order valence-electron chi connectivity index (χ2n) is 5.75. The van der Waals surface area contributed by atoms with Gasteiger partial charge in [0.15, 0.2) is 0 Å². The van der Waals surface area contributed by atoms with E-state index in [1.54, 1.807) is 36.4 Å². The number of anilines is 1. The maximum absolute atomic E-state index is 12.4. The van der Waals surface area contributed by atoms with E-state index in [1.165, 1.54) is 0 Å². The predicted molar refractivity (Wildman–Crippen MR) is 105 cm³/mol. The van der Waals surface area contributed by atoms with Crippen LogP contribution in [-0.4, -0.2) is 15.8 Å². The van der Waals surface area contributed by atoms with Crippen molar-refractivity contribution < 1.29 is 14.6 Å². The highest BCUT2D eigenvalue weighted by Gasteiger charge is 2.24. The van der Waals surface area contributed by atoms with Crippen molar-refractivity contribution in [3.8, 4) is 0 Å². The molecular weight excluding hydrogens is 378 g/mol. The lowest BCUT2D eigenvalue weighted by atomic mass is 10.1. The summed E-state index contributed by atoms with van der Waals surface area (Å²) in [5.41, 5.74) is 0.213. The van der Waals surface area contributed by atoms with Crippen molar-refractivity contribution >= 4 is 34.3 Å². The van der Waals surface area contributed by atoms with Crippen LogP contribution in [0.25, 0.3) is 0 Å². The van der Waals surface area contributed by atoms with Crippen molar-refractivity contribution in [1.82, 2.24) is 0 Å². The number of amides is 1. The van der Waals surface area contributed by atoms with Crippen molar-refractivity contribution in [2.24, 2.45) is 10.2 Å². The first-order valence-electron chi connectivity index (χ1n) is 8.25. The fourth-order valence-electron chi connectivity index (χ4n) is 2.40. The highest BCUT2D eigenvalue weighted by molar-refractivity contribution is 6.07. The number of hydrogen-bond acceptors (Lipinski definition) is 7. The van der Waals surface area contributed by atoms with Crippen molar-refractivity contribution in [1.29, 1.82) is 0 Å². The standard InChI is InChI=1S/C19H13N5O5/c25-19(17-11-10-16(23(26)27)12-18(17)24(28)29)20-13-6-8-15(9-7-13)22-21-14-4-2-1-3-5-14/h1-12H,(H,20,25). The van der Waals surface area contributed by atoms with Crippen LogP contribution in [0, 0.1) is 20.2 Å². The van der Waals surface area contributed by atoms with Crippen LogP contribution in [0.4, 0.5) is 28.4 Å². The molecule has 0 radical (unpaired) electrons. The molecule has 0 fully saturated rings. The summed E-state index contributed by atoms with van der Waals surface area (Å²) in [4.78, 5) is 32.7. The molecule has 144 valence electrons. The number of nitro benzene ring substituents is 2. The van der Waals surface area contributed by atoms with E-state index in [2.05, 4.69) is 15.5 Å². The summed E-state index contributed by atoms with van der Waals surface area (Å²) in [5.74, 6) is -0.759. The third kappa shape index (κ3) is 4.83. The van der Waals surface area contributed by atoms with Crippen molar-refractivity contribution in [2.45, 2.75) is 0 Å². The monoisotopic (exact) mass is 391 g/mol. The Morgan fingerprint density at radius 2 is 1.41 bits per heavy atom. The number of nitrogens with one attached hydrogen (secondary N) is 1. The molecule has 0 atom stereocenters. The Bertz CT molecular complexity index is 1100. The molecule has 10 nitrogen and oxygen atoms in total. The molecule has 3 aromatic carbocycles. The minimum Gasteiger partial charge on any atom is -0.322 e. The van der Waals surface area contributed by atoms with Crippen LogP contribution < -0.4 is 5.32 Å². The van der Waals surface area contributed by atoms with Gasteiger partial charge in [-0.05, 0) is 42.5 Å². The van der Waals surface area contributed by atoms with E-state index in [0.717, 1.165) is 18.2 Å². The number of non-ortho nitro benzene ring substituents is 1. The van der Waals surface area contributed by atoms with Gasteiger partial charge in [0.25, 0.3) is 17.3 Å². The highest BCUT2D eigenvalue weighted by Crippen LogP contribution is 2.26. The van der Waals surface area contributed by atoms with Gasteiger partial charge in [-0.25, -0.2) is 0 Å². The van der Waals surface area contributed by atoms with Gasteiger partial charge in [-0.15, -0.1) is 0 Å². The first-order valence-corrected chi connectivity index (χ1v) is 8.25. The Morgan fingerprint density at radius 3 is 2.00 bits per heavy atom. The van der Waals surface area contributed by atoms with Gasteiger partial charge in [0.2, 0.25) is 0 Å². The lowest BCUT2D eigenvalue weighted by molar-refractivity contribution is -0.394. The molecule has 29 heavy (non-hydrogen) atoms. The molecule has 3 aromatic rings. The van der Waals surface area contributed by atoms with Gasteiger partial charge in [0.1, 0.15) is 5.56 Å². The van der Waals surface area contributed by atoms with Crippen molar-refractivity contribution in [3.05, 3.63) is 98.6 Å². The molecule has 0 aliphatic carbocycles. The molecule has 0 aliphatic rings. The van der Waals surface area contributed by atoms with E-state index in [1.807, 2.05) is 18.2 Å². The molecule has 1 amide bonds. The molecule has 0 aromatic heterocycles. The SMILES string of the molecule is O=C(Nc1ccc(N=Nc2ccccc2)cc1)c1ccc([N+](=O)[O-])cc1[N+](=O)[O-]. The third-order valence-corrected chi connectivity index (χ3v) is 3.80. The Kier molecular flexibility index (Phi) is 5.64. The molecule has 0 aliphatic heterocycles. The second kappa shape index (κ2) is 8.48. The smallest absolute Gasteiger partial charge is 0.289 e. The molecule has 0 bridgehead atoms. The number of nitrogens with zero attached hydrogens (tertiary/aromatic N) is 4. The first kappa shape index (κ1) is 19.3. The number of carbonyl (C=O) groups is 1. The third-order valence-electron chi connectivity index (χ3n) is 3.80. The number of hydrogen-bond donors (Lipinski definition) is 1. The summed E-state index contributed by atoms with van der Waals surface area (Å²) in [6.07, 6.45) is 0. The fraction of sp³-hybridized carbons (Fsp3) is 0. The lowest BCUT2D eigenvalue weighted by Crippen LogP contribution is -2.14. The average molecular weight is 391 g/mol. The molecular formula is C19H13N5O5. The zero-order chi connectivity index (χ0) is 20.8. The van der Waals surface area contributed by atoms with E-state index in [-0.39, 0.29) is 5.56 Å². The van der Waals surface area contributed by atoms with E-state index in [4.69, 9.17) is 0 Å². The van der Waals surface area contributed by atoms with Crippen LogP contribution >= 0.6 is 0 Å². The number of rotatable bonds is 6. The zero-order valence-corrected chi connectivity index (χ0v) is 14.8. The Morgan fingerprint density at radius 1 is 0.793 bits per heavy atom. The lowest BCUT2D eigenvalue weighted by Gasteiger charge is -2.06. The van der Waals surface area contributed by atoms with Gasteiger partial charge in [-0.1, -0.05) is 18.2 Å². The number of benzene rings is 3. The van der Waals surface area contributed by atoms with Gasteiger partial charge < -0.3 is 5.32 Å². The van der Waals surface area contributed by atoms with Gasteiger partial charge in [0.05, 0.1) is 27.3 Å². The van der Waals surface area contributed by atoms with Crippen molar-refractivity contribution in [3.63, 3.8) is 0 Å².